The molecule has 0 radical (unpaired) electrons. The van der Waals surface area contributed by atoms with Crippen molar-refractivity contribution >= 4 is 15.9 Å². The lowest BCUT2D eigenvalue weighted by Gasteiger charge is -2.15. The molecular formula is C13H20BrNO2. The minimum absolute atomic E-state index is 0.351. The summed E-state index contributed by atoms with van der Waals surface area (Å²) in [5.41, 5.74) is 1.25. The molecule has 0 bridgehead atoms. The van der Waals surface area contributed by atoms with Gasteiger partial charge in [-0.2, -0.15) is 0 Å². The fourth-order valence-corrected chi connectivity index (χ4v) is 2.07. The highest BCUT2D eigenvalue weighted by atomic mass is 79.9. The second-order valence-electron chi connectivity index (χ2n) is 3.81. The minimum atomic E-state index is 0.351. The summed E-state index contributed by atoms with van der Waals surface area (Å²) >= 11 is 3.53. The molecule has 0 spiro atoms. The first-order valence-corrected chi connectivity index (χ1v) is 6.63. The van der Waals surface area contributed by atoms with E-state index in [-0.39, 0.29) is 0 Å². The lowest BCUT2D eigenvalue weighted by molar-refractivity contribution is 0.146. The van der Waals surface area contributed by atoms with Crippen LogP contribution in [0.4, 0.5) is 0 Å². The smallest absolute Gasteiger partial charge is 0.133 e. The molecule has 0 saturated heterocycles. The molecule has 1 rings (SSSR count). The Morgan fingerprint density at radius 1 is 1.35 bits per heavy atom. The highest BCUT2D eigenvalue weighted by Crippen LogP contribution is 2.28. The highest BCUT2D eigenvalue weighted by molar-refractivity contribution is 9.10. The molecule has 0 fully saturated rings. The van der Waals surface area contributed by atoms with Crippen molar-refractivity contribution in [3.63, 3.8) is 0 Å². The summed E-state index contributed by atoms with van der Waals surface area (Å²) < 4.78 is 11.5. The van der Waals surface area contributed by atoms with E-state index in [1.165, 1.54) is 5.56 Å². The molecule has 3 nitrogen and oxygen atoms in total. The predicted molar refractivity (Wildman–Crippen MR) is 73.6 cm³/mol. The van der Waals surface area contributed by atoms with Gasteiger partial charge in [0, 0.05) is 13.2 Å². The molecule has 0 aromatic heterocycles. The van der Waals surface area contributed by atoms with Crippen LogP contribution < -0.4 is 10.1 Å². The molecule has 4 heteroatoms. The van der Waals surface area contributed by atoms with Gasteiger partial charge in [-0.1, -0.05) is 13.0 Å². The zero-order chi connectivity index (χ0) is 12.7. The number of methoxy groups -OCH3 is 1. The van der Waals surface area contributed by atoms with E-state index in [0.29, 0.717) is 19.3 Å². The van der Waals surface area contributed by atoms with E-state index in [2.05, 4.69) is 47.2 Å². The number of hydrogen-bond acceptors (Lipinski definition) is 3. The molecule has 0 aliphatic carbocycles. The van der Waals surface area contributed by atoms with E-state index in [4.69, 9.17) is 9.47 Å². The molecule has 1 unspecified atom stereocenters. The van der Waals surface area contributed by atoms with Gasteiger partial charge in [-0.25, -0.2) is 0 Å². The van der Waals surface area contributed by atoms with Crippen LogP contribution in [0.3, 0.4) is 0 Å². The third kappa shape index (κ3) is 4.66. The summed E-state index contributed by atoms with van der Waals surface area (Å²) in [6.07, 6.45) is 0. The van der Waals surface area contributed by atoms with E-state index in [9.17, 15) is 0 Å². The van der Waals surface area contributed by atoms with Gasteiger partial charge < -0.3 is 14.8 Å². The average Bonchev–Trinajstić information content (AvgIpc) is 2.31. The first-order valence-electron chi connectivity index (χ1n) is 5.83. The monoisotopic (exact) mass is 301 g/mol. The van der Waals surface area contributed by atoms with Gasteiger partial charge in [0.05, 0.1) is 11.1 Å². The Kier molecular flexibility index (Phi) is 6.55. The molecular weight excluding hydrogens is 282 g/mol. The molecule has 1 aromatic rings. The topological polar surface area (TPSA) is 30.5 Å². The normalized spacial score (nSPS) is 12.5. The van der Waals surface area contributed by atoms with Crippen molar-refractivity contribution in [3.05, 3.63) is 28.2 Å². The lowest BCUT2D eigenvalue weighted by Crippen LogP contribution is -2.17. The van der Waals surface area contributed by atoms with Crippen molar-refractivity contribution < 1.29 is 9.47 Å². The van der Waals surface area contributed by atoms with Crippen molar-refractivity contribution in [2.24, 2.45) is 0 Å². The Bertz CT molecular complexity index is 344. The van der Waals surface area contributed by atoms with Crippen LogP contribution in [-0.4, -0.2) is 26.9 Å². The largest absolute Gasteiger partial charge is 0.490 e. The van der Waals surface area contributed by atoms with Crippen molar-refractivity contribution in [3.8, 4) is 5.75 Å². The third-order valence-corrected chi connectivity index (χ3v) is 3.13. The summed E-state index contributed by atoms with van der Waals surface area (Å²) in [7, 11) is 1.67. The minimum Gasteiger partial charge on any atom is -0.490 e. The number of nitrogens with one attached hydrogen (secondary N) is 1. The maximum Gasteiger partial charge on any atom is 0.133 e. The van der Waals surface area contributed by atoms with Crippen LogP contribution in [-0.2, 0) is 4.74 Å². The number of benzene rings is 1. The quantitative estimate of drug-likeness (QED) is 0.785. The van der Waals surface area contributed by atoms with E-state index in [1.54, 1.807) is 7.11 Å². The van der Waals surface area contributed by atoms with Crippen LogP contribution >= 0.6 is 15.9 Å². The number of rotatable bonds is 7. The van der Waals surface area contributed by atoms with Gasteiger partial charge >= 0.3 is 0 Å². The van der Waals surface area contributed by atoms with Crippen LogP contribution in [0.25, 0.3) is 0 Å². The van der Waals surface area contributed by atoms with E-state index in [1.807, 2.05) is 6.07 Å². The molecule has 1 N–H and O–H groups in total. The average molecular weight is 302 g/mol. The maximum atomic E-state index is 5.58. The standard InChI is InChI=1S/C13H20BrNO2/c1-4-15-10(2)11-5-6-13(12(14)9-11)17-8-7-16-3/h5-6,9-10,15H,4,7-8H2,1-3H3. The molecule has 96 valence electrons. The summed E-state index contributed by atoms with van der Waals surface area (Å²) in [6.45, 7) is 6.38. The predicted octanol–water partition coefficient (Wildman–Crippen LogP) is 3.14. The highest BCUT2D eigenvalue weighted by Gasteiger charge is 2.07. The molecule has 1 atom stereocenters. The van der Waals surface area contributed by atoms with Crippen molar-refractivity contribution in [2.75, 3.05) is 26.9 Å². The second kappa shape index (κ2) is 7.69. The fraction of sp³-hybridized carbons (Fsp3) is 0.538. The number of hydrogen-bond donors (Lipinski definition) is 1. The lowest BCUT2D eigenvalue weighted by atomic mass is 10.1. The Morgan fingerprint density at radius 2 is 2.12 bits per heavy atom. The summed E-state index contributed by atoms with van der Waals surface area (Å²) in [5.74, 6) is 0.856. The Labute approximate surface area is 112 Å². The van der Waals surface area contributed by atoms with Crippen LogP contribution in [0, 0.1) is 0 Å². The molecule has 0 saturated carbocycles. The molecule has 1 aromatic carbocycles. The Hall–Kier alpha value is -0.580. The summed E-state index contributed by atoms with van der Waals surface area (Å²) in [4.78, 5) is 0. The Balaban J connectivity index is 2.65. The summed E-state index contributed by atoms with van der Waals surface area (Å²) in [5, 5.41) is 3.38. The second-order valence-corrected chi connectivity index (χ2v) is 4.66. The van der Waals surface area contributed by atoms with Crippen LogP contribution in [0.5, 0.6) is 5.75 Å². The zero-order valence-corrected chi connectivity index (χ0v) is 12.2. The first-order chi connectivity index (χ1) is 8.19. The van der Waals surface area contributed by atoms with E-state index >= 15 is 0 Å². The van der Waals surface area contributed by atoms with Crippen molar-refractivity contribution in [1.82, 2.24) is 5.32 Å². The van der Waals surface area contributed by atoms with Gasteiger partial charge in [0.2, 0.25) is 0 Å². The third-order valence-electron chi connectivity index (χ3n) is 2.51. The summed E-state index contributed by atoms with van der Waals surface area (Å²) in [6, 6.07) is 6.52. The van der Waals surface area contributed by atoms with E-state index in [0.717, 1.165) is 16.8 Å². The van der Waals surface area contributed by atoms with Crippen molar-refractivity contribution in [2.45, 2.75) is 19.9 Å². The van der Waals surface area contributed by atoms with Crippen LogP contribution in [0.1, 0.15) is 25.5 Å². The zero-order valence-electron chi connectivity index (χ0n) is 10.6. The van der Waals surface area contributed by atoms with E-state index < -0.39 is 0 Å². The van der Waals surface area contributed by atoms with Gasteiger partial charge in [-0.05, 0) is 47.1 Å². The fourth-order valence-electron chi connectivity index (χ4n) is 1.56. The molecule has 17 heavy (non-hydrogen) atoms. The van der Waals surface area contributed by atoms with Crippen LogP contribution in [0.15, 0.2) is 22.7 Å². The van der Waals surface area contributed by atoms with Crippen LogP contribution in [0.2, 0.25) is 0 Å². The molecule has 0 aliphatic rings. The van der Waals surface area contributed by atoms with Gasteiger partial charge in [0.15, 0.2) is 0 Å². The number of halogens is 1. The van der Waals surface area contributed by atoms with Gasteiger partial charge in [0.25, 0.3) is 0 Å². The molecule has 0 heterocycles. The number of ether oxygens (including phenoxy) is 2. The first kappa shape index (κ1) is 14.5. The van der Waals surface area contributed by atoms with Gasteiger partial charge in [0.1, 0.15) is 12.4 Å². The Morgan fingerprint density at radius 3 is 2.71 bits per heavy atom. The SMILES string of the molecule is CCNC(C)c1ccc(OCCOC)c(Br)c1. The molecule has 0 amide bonds. The maximum absolute atomic E-state index is 5.58. The van der Waals surface area contributed by atoms with Crippen molar-refractivity contribution in [1.29, 1.82) is 0 Å². The molecule has 0 aliphatic heterocycles. The van der Waals surface area contributed by atoms with Gasteiger partial charge in [-0.15, -0.1) is 0 Å². The van der Waals surface area contributed by atoms with Gasteiger partial charge in [-0.3, -0.25) is 0 Å².